The van der Waals surface area contributed by atoms with Crippen molar-refractivity contribution in [3.8, 4) is 0 Å². The zero-order chi connectivity index (χ0) is 64.7. The minimum Gasteiger partial charge on any atom is -0.389 e. The Kier molecular flexibility index (Phi) is 38.7. The van der Waals surface area contributed by atoms with Crippen LogP contribution in [0.2, 0.25) is 0 Å². The van der Waals surface area contributed by atoms with Gasteiger partial charge in [-0.3, -0.25) is 47.9 Å². The average molecular weight is 1240 g/mol. The number of aromatic amines is 1. The van der Waals surface area contributed by atoms with E-state index in [0.29, 0.717) is 109 Å². The Labute approximate surface area is 508 Å². The summed E-state index contributed by atoms with van der Waals surface area (Å²) in [5.41, 5.74) is 51.9. The summed E-state index contributed by atoms with van der Waals surface area (Å²) in [4.78, 5) is 147. The Bertz CT molecular complexity index is 2240. The number of unbranched alkanes of at least 4 members (excludes halogenated alkanes) is 5. The number of imidazole rings is 1. The Hall–Kier alpha value is -6.53. The van der Waals surface area contributed by atoms with Gasteiger partial charge in [0.2, 0.25) is 59.1 Å². The normalized spacial score (nSPS) is 16.5. The standard InChI is InChI=1S/C54H103N21O12/c55-19-5-1-13-34(63)46(79)73-45(42(77)29-62)53(86)74-44(41(76)28-61)52(85)66-31-43(78)68-38(17-11-24-60)54(87)75-26-12-18-40(75)51(84)72-39(27-33-30-64-32-67-33)50(83)71-37(16-4-8-22-58)49(82)70-36(15-3-7-21-57)48(81)69-35(14-2-6-20-56)47(80)65-25-10-9-23-59/h30,32,34-42,44-45,76-77H,1-29,31,55-63H2,(H,64,67)(H,65,80)(H,66,85)(H,68,78)(H,69,81)(H,70,82)(H,71,83)(H,72,84)(H,73,79)(H,74,86)/t34-,35-,36+,37-,38+,39-,40-,41-,42-,44-,45-/m0/s1. The van der Waals surface area contributed by atoms with Crippen LogP contribution in [0.25, 0.3) is 0 Å². The highest BCUT2D eigenvalue weighted by molar-refractivity contribution is 5.98. The molecule has 1 saturated heterocycles. The van der Waals surface area contributed by atoms with Crippen LogP contribution in [-0.4, -0.2) is 223 Å². The molecule has 1 aromatic heterocycles. The largest absolute Gasteiger partial charge is 0.389 e. The number of hydrogen-bond acceptors (Lipinski definition) is 22. The van der Waals surface area contributed by atoms with Crippen molar-refractivity contribution in [3.63, 3.8) is 0 Å². The number of carbonyl (C=O) groups excluding carboxylic acids is 10. The summed E-state index contributed by atoms with van der Waals surface area (Å²) < 4.78 is 0. The van der Waals surface area contributed by atoms with Crippen molar-refractivity contribution in [1.82, 2.24) is 62.7 Å². The third-order valence-electron chi connectivity index (χ3n) is 14.6. The summed E-state index contributed by atoms with van der Waals surface area (Å²) in [5.74, 6) is -7.90. The molecule has 1 aliphatic rings. The minimum absolute atomic E-state index is 0.00792. The molecule has 1 fully saturated rings. The van der Waals surface area contributed by atoms with Crippen molar-refractivity contribution >= 4 is 59.1 Å². The van der Waals surface area contributed by atoms with Gasteiger partial charge in [0.1, 0.15) is 48.3 Å². The van der Waals surface area contributed by atoms with Crippen molar-refractivity contribution in [2.24, 2.45) is 51.6 Å². The molecule has 0 saturated carbocycles. The minimum atomic E-state index is -1.83. The first-order valence-electron chi connectivity index (χ1n) is 30.4. The van der Waals surface area contributed by atoms with Crippen molar-refractivity contribution in [2.75, 3.05) is 72.0 Å². The van der Waals surface area contributed by atoms with E-state index in [1.807, 2.05) is 0 Å². The number of carbonyl (C=O) groups is 10. The van der Waals surface area contributed by atoms with Crippen LogP contribution in [0.1, 0.15) is 121 Å². The highest BCUT2D eigenvalue weighted by Crippen LogP contribution is 2.21. The molecule has 0 spiro atoms. The first kappa shape index (κ1) is 76.6. The van der Waals surface area contributed by atoms with Gasteiger partial charge in [0.25, 0.3) is 0 Å². The predicted octanol–water partition coefficient (Wildman–Crippen LogP) is -8.47. The summed E-state index contributed by atoms with van der Waals surface area (Å²) in [6.07, 6.45) is 6.09. The summed E-state index contributed by atoms with van der Waals surface area (Å²) >= 11 is 0. The Morgan fingerprint density at radius 1 is 0.517 bits per heavy atom. The van der Waals surface area contributed by atoms with Crippen LogP contribution in [0.4, 0.5) is 0 Å². The second-order valence-electron chi connectivity index (χ2n) is 21.6. The lowest BCUT2D eigenvalue weighted by atomic mass is 10.0. The van der Waals surface area contributed by atoms with Gasteiger partial charge in [-0.25, -0.2) is 4.98 Å². The smallest absolute Gasteiger partial charge is 0.246 e. The quantitative estimate of drug-likeness (QED) is 0.0270. The van der Waals surface area contributed by atoms with Crippen molar-refractivity contribution < 1.29 is 58.2 Å². The molecular formula is C54H103N21O12. The van der Waals surface area contributed by atoms with E-state index >= 15 is 0 Å². The van der Waals surface area contributed by atoms with E-state index < -0.39 is 145 Å². The number of nitrogens with two attached hydrogens (primary N) is 9. The third-order valence-corrected chi connectivity index (χ3v) is 14.6. The van der Waals surface area contributed by atoms with Gasteiger partial charge < -0.3 is 120 Å². The molecule has 87 heavy (non-hydrogen) atoms. The lowest BCUT2D eigenvalue weighted by molar-refractivity contribution is -0.142. The van der Waals surface area contributed by atoms with Crippen molar-refractivity contribution in [2.45, 2.75) is 189 Å². The number of H-pyrrole nitrogens is 1. The molecule has 33 heteroatoms. The van der Waals surface area contributed by atoms with Gasteiger partial charge in [-0.1, -0.05) is 6.42 Å². The number of nitrogens with one attached hydrogen (secondary N) is 10. The molecular weight excluding hydrogens is 1130 g/mol. The molecule has 496 valence electrons. The molecule has 0 aromatic carbocycles. The Morgan fingerprint density at radius 2 is 0.989 bits per heavy atom. The van der Waals surface area contributed by atoms with E-state index in [-0.39, 0.29) is 71.0 Å². The number of rotatable bonds is 47. The molecule has 33 nitrogen and oxygen atoms in total. The first-order chi connectivity index (χ1) is 41.7. The second kappa shape index (κ2) is 44.0. The Balaban J connectivity index is 2.34. The molecule has 2 heterocycles. The summed E-state index contributed by atoms with van der Waals surface area (Å²) in [7, 11) is 0. The molecule has 1 aliphatic heterocycles. The fourth-order valence-electron chi connectivity index (χ4n) is 9.49. The number of amides is 10. The van der Waals surface area contributed by atoms with Gasteiger partial charge in [-0.15, -0.1) is 0 Å². The molecule has 0 unspecified atom stereocenters. The lowest BCUT2D eigenvalue weighted by Crippen LogP contribution is -2.63. The molecule has 0 bridgehead atoms. The van der Waals surface area contributed by atoms with Gasteiger partial charge in [0.05, 0.1) is 31.1 Å². The zero-order valence-electron chi connectivity index (χ0n) is 50.3. The van der Waals surface area contributed by atoms with E-state index in [9.17, 15) is 58.2 Å². The average Bonchev–Trinajstić information content (AvgIpc) is 3.84. The van der Waals surface area contributed by atoms with Crippen LogP contribution in [0.5, 0.6) is 0 Å². The maximum atomic E-state index is 14.5. The van der Waals surface area contributed by atoms with Gasteiger partial charge in [-0.05, 0) is 148 Å². The number of aromatic nitrogens is 2. The maximum Gasteiger partial charge on any atom is 0.246 e. The van der Waals surface area contributed by atoms with Crippen molar-refractivity contribution in [1.29, 1.82) is 0 Å². The van der Waals surface area contributed by atoms with Crippen LogP contribution >= 0.6 is 0 Å². The molecule has 0 radical (unpaired) electrons. The predicted molar refractivity (Wildman–Crippen MR) is 323 cm³/mol. The van der Waals surface area contributed by atoms with Crippen LogP contribution in [0.3, 0.4) is 0 Å². The summed E-state index contributed by atoms with van der Waals surface area (Å²) in [6.45, 7) is 0.435. The van der Waals surface area contributed by atoms with Gasteiger partial charge in [0.15, 0.2) is 0 Å². The van der Waals surface area contributed by atoms with Gasteiger partial charge in [-0.2, -0.15) is 0 Å². The monoisotopic (exact) mass is 1240 g/mol. The number of nitrogens with zero attached hydrogens (tertiary/aromatic N) is 2. The Morgan fingerprint density at radius 3 is 1.49 bits per heavy atom. The van der Waals surface area contributed by atoms with Crippen LogP contribution in [0, 0.1) is 0 Å². The topological polar surface area (TPSA) is 586 Å². The fourth-order valence-corrected chi connectivity index (χ4v) is 9.49. The van der Waals surface area contributed by atoms with E-state index in [1.54, 1.807) is 0 Å². The molecule has 1 aromatic rings. The van der Waals surface area contributed by atoms with E-state index in [0.717, 1.165) is 0 Å². The van der Waals surface area contributed by atoms with Crippen LogP contribution in [-0.2, 0) is 54.4 Å². The zero-order valence-corrected chi connectivity index (χ0v) is 50.3. The number of aliphatic hydroxyl groups is 2. The molecule has 2 rings (SSSR count). The summed E-state index contributed by atoms with van der Waals surface area (Å²) in [6, 6.07) is -11.8. The highest BCUT2D eigenvalue weighted by atomic mass is 16.3. The molecule has 30 N–H and O–H groups in total. The van der Waals surface area contributed by atoms with Crippen LogP contribution in [0.15, 0.2) is 12.5 Å². The van der Waals surface area contributed by atoms with Gasteiger partial charge >= 0.3 is 0 Å². The maximum absolute atomic E-state index is 14.5. The first-order valence-corrected chi connectivity index (χ1v) is 30.4. The summed E-state index contributed by atoms with van der Waals surface area (Å²) in [5, 5.41) is 44.7. The SMILES string of the molecule is NCCCCNC(=O)[C@H](CCCCN)NC(=O)[C@@H](CCCCN)NC(=O)[C@H](CCCCN)NC(=O)[C@H](Cc1cnc[nH]1)NC(=O)[C@@H]1CCCN1C(=O)[C@@H](CCCN)NC(=O)CNC(=O)[C@@H](NC(=O)[C@@H](NC(=O)[C@@H](N)CCCCN)[C@@H](O)CN)[C@@H](O)CN. The molecule has 10 amide bonds. The van der Waals surface area contributed by atoms with Crippen LogP contribution < -0.4 is 99.5 Å². The number of hydrogen-bond donors (Lipinski definition) is 21. The van der Waals surface area contributed by atoms with E-state index in [2.05, 4.69) is 57.8 Å². The van der Waals surface area contributed by atoms with E-state index in [4.69, 9.17) is 51.6 Å². The lowest BCUT2D eigenvalue weighted by Gasteiger charge is -2.30. The highest BCUT2D eigenvalue weighted by Gasteiger charge is 2.40. The van der Waals surface area contributed by atoms with Gasteiger partial charge in [0, 0.05) is 44.5 Å². The number of aliphatic hydroxyl groups excluding tert-OH is 2. The third kappa shape index (κ3) is 28.5. The second-order valence-corrected chi connectivity index (χ2v) is 21.6. The molecule has 11 atom stereocenters. The number of likely N-dealkylation sites (tertiary alicyclic amines) is 1. The van der Waals surface area contributed by atoms with Crippen molar-refractivity contribution in [3.05, 3.63) is 18.2 Å². The fraction of sp³-hybridized carbons (Fsp3) is 0.759. The molecule has 0 aliphatic carbocycles. The van der Waals surface area contributed by atoms with E-state index in [1.165, 1.54) is 17.4 Å².